The Kier molecular flexibility index (Phi) is 3.55. The first kappa shape index (κ1) is 13.2. The lowest BCUT2D eigenvalue weighted by Crippen LogP contribution is -2.06. The van der Waals surface area contributed by atoms with Crippen LogP contribution in [0.3, 0.4) is 0 Å². The maximum absolute atomic E-state index is 9.50. The standard InChI is InChI=1S/C16H16N4O/c1-12-17-8-9-20(12)16-15(6-3-7-18-16)19-11-13-4-2-5-14(21)10-13/h2-10,19,21H,11H2,1H3. The number of phenols is 1. The normalized spacial score (nSPS) is 10.5. The summed E-state index contributed by atoms with van der Waals surface area (Å²) in [6.07, 6.45) is 5.40. The smallest absolute Gasteiger partial charge is 0.161 e. The maximum Gasteiger partial charge on any atom is 0.161 e. The summed E-state index contributed by atoms with van der Waals surface area (Å²) >= 11 is 0. The zero-order chi connectivity index (χ0) is 14.7. The Bertz CT molecular complexity index is 751. The van der Waals surface area contributed by atoms with E-state index in [1.54, 1.807) is 24.5 Å². The molecule has 0 aliphatic carbocycles. The number of hydrogen-bond acceptors (Lipinski definition) is 4. The van der Waals surface area contributed by atoms with E-state index in [4.69, 9.17) is 0 Å². The fourth-order valence-electron chi connectivity index (χ4n) is 2.19. The molecule has 0 aliphatic heterocycles. The lowest BCUT2D eigenvalue weighted by atomic mass is 10.2. The van der Waals surface area contributed by atoms with Gasteiger partial charge in [0.2, 0.25) is 0 Å². The summed E-state index contributed by atoms with van der Waals surface area (Å²) in [6, 6.07) is 11.1. The number of nitrogens with zero attached hydrogens (tertiary/aromatic N) is 3. The Labute approximate surface area is 122 Å². The van der Waals surface area contributed by atoms with E-state index in [1.165, 1.54) is 0 Å². The Balaban J connectivity index is 1.85. The van der Waals surface area contributed by atoms with Crippen LogP contribution in [0.5, 0.6) is 5.75 Å². The van der Waals surface area contributed by atoms with Crippen molar-refractivity contribution in [2.75, 3.05) is 5.32 Å². The van der Waals surface area contributed by atoms with Gasteiger partial charge in [0.05, 0.1) is 5.69 Å². The number of aromatic hydroxyl groups is 1. The summed E-state index contributed by atoms with van der Waals surface area (Å²) in [7, 11) is 0. The molecule has 0 spiro atoms. The van der Waals surface area contributed by atoms with Crippen LogP contribution in [0.4, 0.5) is 5.69 Å². The van der Waals surface area contributed by atoms with Crippen molar-refractivity contribution >= 4 is 5.69 Å². The number of imidazole rings is 1. The average Bonchev–Trinajstić information content (AvgIpc) is 2.91. The van der Waals surface area contributed by atoms with Gasteiger partial charge in [-0.15, -0.1) is 0 Å². The monoisotopic (exact) mass is 280 g/mol. The molecule has 0 bridgehead atoms. The number of hydrogen-bond donors (Lipinski definition) is 2. The van der Waals surface area contributed by atoms with Crippen molar-refractivity contribution in [3.63, 3.8) is 0 Å². The quantitative estimate of drug-likeness (QED) is 0.771. The molecule has 0 amide bonds. The van der Waals surface area contributed by atoms with Crippen LogP contribution < -0.4 is 5.32 Å². The molecular weight excluding hydrogens is 264 g/mol. The number of anilines is 1. The maximum atomic E-state index is 9.50. The van der Waals surface area contributed by atoms with Crippen molar-refractivity contribution in [1.82, 2.24) is 14.5 Å². The molecule has 5 nitrogen and oxygen atoms in total. The summed E-state index contributed by atoms with van der Waals surface area (Å²) in [5, 5.41) is 12.8. The van der Waals surface area contributed by atoms with Crippen molar-refractivity contribution in [3.05, 3.63) is 66.4 Å². The SMILES string of the molecule is Cc1nccn1-c1ncccc1NCc1cccc(O)c1. The molecule has 0 fully saturated rings. The molecule has 0 unspecified atom stereocenters. The molecule has 3 aromatic rings. The number of aryl methyl sites for hydroxylation is 1. The van der Waals surface area contributed by atoms with E-state index < -0.39 is 0 Å². The Morgan fingerprint density at radius 3 is 2.81 bits per heavy atom. The van der Waals surface area contributed by atoms with Gasteiger partial charge in [0.15, 0.2) is 5.82 Å². The van der Waals surface area contributed by atoms with Gasteiger partial charge in [0.1, 0.15) is 11.6 Å². The van der Waals surface area contributed by atoms with Gasteiger partial charge in [0.25, 0.3) is 0 Å². The van der Waals surface area contributed by atoms with Crippen LogP contribution in [0.15, 0.2) is 55.0 Å². The van der Waals surface area contributed by atoms with Gasteiger partial charge in [-0.25, -0.2) is 9.97 Å². The van der Waals surface area contributed by atoms with Crippen LogP contribution in [0.2, 0.25) is 0 Å². The van der Waals surface area contributed by atoms with Crippen LogP contribution in [-0.4, -0.2) is 19.6 Å². The van der Waals surface area contributed by atoms with Crippen molar-refractivity contribution in [2.45, 2.75) is 13.5 Å². The van der Waals surface area contributed by atoms with E-state index in [-0.39, 0.29) is 5.75 Å². The topological polar surface area (TPSA) is 63.0 Å². The lowest BCUT2D eigenvalue weighted by molar-refractivity contribution is 0.474. The summed E-state index contributed by atoms with van der Waals surface area (Å²) in [5.41, 5.74) is 1.93. The Hall–Kier alpha value is -2.82. The van der Waals surface area contributed by atoms with Crippen molar-refractivity contribution in [2.24, 2.45) is 0 Å². The third-order valence-corrected chi connectivity index (χ3v) is 3.23. The van der Waals surface area contributed by atoms with E-state index in [1.807, 2.05) is 42.0 Å². The molecular formula is C16H16N4O. The van der Waals surface area contributed by atoms with Crippen LogP contribution in [0, 0.1) is 6.92 Å². The number of rotatable bonds is 4. The van der Waals surface area contributed by atoms with Crippen LogP contribution in [0.1, 0.15) is 11.4 Å². The highest BCUT2D eigenvalue weighted by Crippen LogP contribution is 2.20. The van der Waals surface area contributed by atoms with Gasteiger partial charge in [-0.05, 0) is 36.8 Å². The van der Waals surface area contributed by atoms with Gasteiger partial charge in [-0.2, -0.15) is 0 Å². The van der Waals surface area contributed by atoms with Crippen molar-refractivity contribution in [3.8, 4) is 11.6 Å². The highest BCUT2D eigenvalue weighted by molar-refractivity contribution is 5.57. The minimum atomic E-state index is 0.270. The van der Waals surface area contributed by atoms with Gasteiger partial charge in [-0.1, -0.05) is 12.1 Å². The highest BCUT2D eigenvalue weighted by Gasteiger charge is 2.07. The molecule has 2 heterocycles. The molecule has 5 heteroatoms. The highest BCUT2D eigenvalue weighted by atomic mass is 16.3. The largest absolute Gasteiger partial charge is 0.508 e. The second-order valence-electron chi connectivity index (χ2n) is 4.74. The number of pyridine rings is 1. The molecule has 3 rings (SSSR count). The first-order chi connectivity index (χ1) is 10.2. The molecule has 2 aromatic heterocycles. The Morgan fingerprint density at radius 1 is 1.14 bits per heavy atom. The fourth-order valence-corrected chi connectivity index (χ4v) is 2.19. The average molecular weight is 280 g/mol. The molecule has 0 atom stereocenters. The molecule has 1 aromatic carbocycles. The third-order valence-electron chi connectivity index (χ3n) is 3.23. The Morgan fingerprint density at radius 2 is 2.05 bits per heavy atom. The molecule has 21 heavy (non-hydrogen) atoms. The van der Waals surface area contributed by atoms with Crippen LogP contribution >= 0.6 is 0 Å². The van der Waals surface area contributed by atoms with E-state index >= 15 is 0 Å². The molecule has 106 valence electrons. The van der Waals surface area contributed by atoms with E-state index in [0.717, 1.165) is 22.9 Å². The first-order valence-corrected chi connectivity index (χ1v) is 6.71. The number of phenolic OH excluding ortho intramolecular Hbond substituents is 1. The molecule has 0 saturated heterocycles. The lowest BCUT2D eigenvalue weighted by Gasteiger charge is -2.12. The predicted octanol–water partition coefficient (Wildman–Crippen LogP) is 2.89. The number of nitrogens with one attached hydrogen (secondary N) is 1. The molecule has 0 aliphatic rings. The predicted molar refractivity (Wildman–Crippen MR) is 81.5 cm³/mol. The minimum Gasteiger partial charge on any atom is -0.508 e. The third kappa shape index (κ3) is 2.86. The second kappa shape index (κ2) is 5.66. The number of aromatic nitrogens is 3. The zero-order valence-corrected chi connectivity index (χ0v) is 11.7. The van der Waals surface area contributed by atoms with Gasteiger partial charge in [-0.3, -0.25) is 4.57 Å². The summed E-state index contributed by atoms with van der Waals surface area (Å²) < 4.78 is 1.94. The summed E-state index contributed by atoms with van der Waals surface area (Å²) in [5.74, 6) is 1.97. The van der Waals surface area contributed by atoms with Crippen LogP contribution in [-0.2, 0) is 6.54 Å². The van der Waals surface area contributed by atoms with E-state index in [2.05, 4.69) is 15.3 Å². The fraction of sp³-hybridized carbons (Fsp3) is 0.125. The van der Waals surface area contributed by atoms with Crippen molar-refractivity contribution in [1.29, 1.82) is 0 Å². The van der Waals surface area contributed by atoms with Crippen LogP contribution in [0.25, 0.3) is 5.82 Å². The first-order valence-electron chi connectivity index (χ1n) is 6.71. The second-order valence-corrected chi connectivity index (χ2v) is 4.74. The summed E-state index contributed by atoms with van der Waals surface area (Å²) in [6.45, 7) is 2.55. The van der Waals surface area contributed by atoms with Gasteiger partial charge < -0.3 is 10.4 Å². The van der Waals surface area contributed by atoms with Gasteiger partial charge in [0, 0.05) is 25.1 Å². The van der Waals surface area contributed by atoms with E-state index in [0.29, 0.717) is 6.54 Å². The van der Waals surface area contributed by atoms with Crippen molar-refractivity contribution < 1.29 is 5.11 Å². The minimum absolute atomic E-state index is 0.270. The number of benzene rings is 1. The molecule has 0 saturated carbocycles. The molecule has 0 radical (unpaired) electrons. The van der Waals surface area contributed by atoms with E-state index in [9.17, 15) is 5.11 Å². The summed E-state index contributed by atoms with van der Waals surface area (Å²) in [4.78, 5) is 8.65. The molecule has 2 N–H and O–H groups in total. The zero-order valence-electron chi connectivity index (χ0n) is 11.7. The van der Waals surface area contributed by atoms with Gasteiger partial charge >= 0.3 is 0 Å².